The van der Waals surface area contributed by atoms with Crippen molar-refractivity contribution in [1.29, 1.82) is 0 Å². The first-order chi connectivity index (χ1) is 11.8. The van der Waals surface area contributed by atoms with Crippen LogP contribution in [0.4, 0.5) is 5.82 Å². The van der Waals surface area contributed by atoms with Crippen molar-refractivity contribution in [2.45, 2.75) is 26.2 Å². The monoisotopic (exact) mass is 344 g/mol. The second-order valence-corrected chi connectivity index (χ2v) is 7.24. The van der Waals surface area contributed by atoms with E-state index in [1.807, 2.05) is 55.4 Å². The van der Waals surface area contributed by atoms with Gasteiger partial charge in [0.1, 0.15) is 18.2 Å². The summed E-state index contributed by atoms with van der Waals surface area (Å²) in [4.78, 5) is 14.2. The average molecular weight is 344 g/mol. The summed E-state index contributed by atoms with van der Waals surface area (Å²) in [5.41, 5.74) is 0.904. The molecule has 136 valence electrons. The van der Waals surface area contributed by atoms with E-state index in [1.54, 1.807) is 4.68 Å². The summed E-state index contributed by atoms with van der Waals surface area (Å²) in [5, 5.41) is 7.39. The second-order valence-electron chi connectivity index (χ2n) is 7.24. The van der Waals surface area contributed by atoms with Gasteiger partial charge in [-0.15, -0.1) is 0 Å². The third kappa shape index (κ3) is 5.90. The van der Waals surface area contributed by atoms with Crippen LogP contribution in [0.5, 0.6) is 5.75 Å². The van der Waals surface area contributed by atoms with Crippen LogP contribution < -0.4 is 10.1 Å². The molecule has 0 atom stereocenters. The summed E-state index contributed by atoms with van der Waals surface area (Å²) in [6.45, 7) is 7.80. The summed E-state index contributed by atoms with van der Waals surface area (Å²) in [7, 11) is 3.74. The van der Waals surface area contributed by atoms with Crippen molar-refractivity contribution in [3.05, 3.63) is 42.1 Å². The molecule has 0 saturated carbocycles. The van der Waals surface area contributed by atoms with E-state index >= 15 is 0 Å². The Bertz CT molecular complexity index is 689. The summed E-state index contributed by atoms with van der Waals surface area (Å²) < 4.78 is 7.35. The molecule has 1 aromatic carbocycles. The van der Waals surface area contributed by atoms with Gasteiger partial charge in [0.25, 0.3) is 0 Å². The zero-order valence-electron chi connectivity index (χ0n) is 15.7. The highest BCUT2D eigenvalue weighted by molar-refractivity contribution is 5.91. The van der Waals surface area contributed by atoms with Gasteiger partial charge in [0, 0.05) is 25.1 Å². The molecule has 0 aliphatic heterocycles. The number of nitrogens with zero attached hydrogens (tertiary/aromatic N) is 3. The maximum absolute atomic E-state index is 12.2. The quantitative estimate of drug-likeness (QED) is 0.839. The fraction of sp³-hybridized carbons (Fsp3) is 0.474. The number of anilines is 1. The second kappa shape index (κ2) is 8.16. The number of amides is 1. The van der Waals surface area contributed by atoms with E-state index in [0.29, 0.717) is 25.5 Å². The molecular weight excluding hydrogens is 316 g/mol. The third-order valence-corrected chi connectivity index (χ3v) is 3.81. The van der Waals surface area contributed by atoms with Crippen molar-refractivity contribution in [2.75, 3.05) is 32.1 Å². The highest BCUT2D eigenvalue weighted by atomic mass is 16.5. The number of likely N-dealkylation sites (N-methyl/N-ethyl adjacent to an activating group) is 1. The Balaban J connectivity index is 1.78. The van der Waals surface area contributed by atoms with Crippen molar-refractivity contribution < 1.29 is 9.53 Å². The SMILES string of the molecule is CN(CCOc1ccccc1)CC(=O)Nc1cc(C(C)(C)C)nn1C. The van der Waals surface area contributed by atoms with E-state index < -0.39 is 0 Å². The molecule has 0 spiro atoms. The molecule has 1 N–H and O–H groups in total. The first-order valence-electron chi connectivity index (χ1n) is 8.46. The molecule has 0 radical (unpaired) electrons. The zero-order chi connectivity index (χ0) is 18.4. The van der Waals surface area contributed by atoms with Crippen LogP contribution in [0.1, 0.15) is 26.5 Å². The zero-order valence-corrected chi connectivity index (χ0v) is 15.7. The topological polar surface area (TPSA) is 59.4 Å². The molecule has 2 aromatic rings. The van der Waals surface area contributed by atoms with Gasteiger partial charge in [-0.3, -0.25) is 14.4 Å². The predicted molar refractivity (Wildman–Crippen MR) is 100.0 cm³/mol. The summed E-state index contributed by atoms with van der Waals surface area (Å²) in [6.07, 6.45) is 0. The lowest BCUT2D eigenvalue weighted by atomic mass is 9.92. The molecule has 0 aliphatic rings. The average Bonchev–Trinajstić information content (AvgIpc) is 2.89. The largest absolute Gasteiger partial charge is 0.492 e. The van der Waals surface area contributed by atoms with Crippen LogP contribution in [0.25, 0.3) is 0 Å². The number of nitrogens with one attached hydrogen (secondary N) is 1. The van der Waals surface area contributed by atoms with Crippen LogP contribution in [0.3, 0.4) is 0 Å². The molecule has 0 unspecified atom stereocenters. The molecule has 0 bridgehead atoms. The van der Waals surface area contributed by atoms with Crippen LogP contribution in [0, 0.1) is 0 Å². The smallest absolute Gasteiger partial charge is 0.239 e. The Morgan fingerprint density at radius 1 is 1.28 bits per heavy atom. The molecule has 1 heterocycles. The predicted octanol–water partition coefficient (Wildman–Crippen LogP) is 2.67. The minimum Gasteiger partial charge on any atom is -0.492 e. The molecule has 1 aromatic heterocycles. The number of rotatable bonds is 7. The number of hydrogen-bond donors (Lipinski definition) is 1. The Labute approximate surface area is 149 Å². The summed E-state index contributed by atoms with van der Waals surface area (Å²) in [5.74, 6) is 1.49. The van der Waals surface area contributed by atoms with Gasteiger partial charge < -0.3 is 10.1 Å². The molecule has 0 saturated heterocycles. The Hall–Kier alpha value is -2.34. The molecule has 6 nitrogen and oxygen atoms in total. The maximum Gasteiger partial charge on any atom is 0.239 e. The molecule has 0 fully saturated rings. The normalized spacial score (nSPS) is 11.6. The Kier molecular flexibility index (Phi) is 6.20. The van der Waals surface area contributed by atoms with Gasteiger partial charge in [-0.1, -0.05) is 39.0 Å². The van der Waals surface area contributed by atoms with Gasteiger partial charge in [-0.25, -0.2) is 0 Å². The summed E-state index contributed by atoms with van der Waals surface area (Å²) in [6, 6.07) is 11.6. The number of carbonyl (C=O) groups excluding carboxylic acids is 1. The fourth-order valence-electron chi connectivity index (χ4n) is 2.29. The Morgan fingerprint density at radius 2 is 1.96 bits per heavy atom. The van der Waals surface area contributed by atoms with Gasteiger partial charge in [0.05, 0.1) is 12.2 Å². The first kappa shape index (κ1) is 19.0. The van der Waals surface area contributed by atoms with Crippen LogP contribution in [-0.4, -0.2) is 47.3 Å². The van der Waals surface area contributed by atoms with Crippen LogP contribution >= 0.6 is 0 Å². The summed E-state index contributed by atoms with van der Waals surface area (Å²) >= 11 is 0. The van der Waals surface area contributed by atoms with E-state index in [-0.39, 0.29) is 11.3 Å². The lowest BCUT2D eigenvalue weighted by molar-refractivity contribution is -0.117. The van der Waals surface area contributed by atoms with E-state index in [4.69, 9.17) is 4.74 Å². The van der Waals surface area contributed by atoms with E-state index in [0.717, 1.165) is 11.4 Å². The maximum atomic E-state index is 12.2. The van der Waals surface area contributed by atoms with Gasteiger partial charge in [-0.05, 0) is 19.2 Å². The van der Waals surface area contributed by atoms with Gasteiger partial charge in [0.2, 0.25) is 5.91 Å². The number of carbonyl (C=O) groups is 1. The standard InChI is InChI=1S/C19H28N4O2/c1-19(2,3)16-13-17(23(5)21-16)20-18(24)14-22(4)11-12-25-15-9-7-6-8-10-15/h6-10,13H,11-12,14H2,1-5H3,(H,20,24). The molecule has 2 rings (SSSR count). The van der Waals surface area contributed by atoms with E-state index in [1.165, 1.54) is 0 Å². The molecular formula is C19H28N4O2. The van der Waals surface area contributed by atoms with E-state index in [2.05, 4.69) is 31.2 Å². The highest BCUT2D eigenvalue weighted by Crippen LogP contribution is 2.23. The van der Waals surface area contributed by atoms with Crippen LogP contribution in [-0.2, 0) is 17.3 Å². The van der Waals surface area contributed by atoms with Crippen molar-refractivity contribution >= 4 is 11.7 Å². The molecule has 0 aliphatic carbocycles. The minimum atomic E-state index is -0.0642. The minimum absolute atomic E-state index is 0.0493. The lowest BCUT2D eigenvalue weighted by Gasteiger charge is -2.16. The molecule has 25 heavy (non-hydrogen) atoms. The van der Waals surface area contributed by atoms with Crippen molar-refractivity contribution in [1.82, 2.24) is 14.7 Å². The molecule has 6 heteroatoms. The van der Waals surface area contributed by atoms with E-state index in [9.17, 15) is 4.79 Å². The van der Waals surface area contributed by atoms with Gasteiger partial charge >= 0.3 is 0 Å². The molecule has 1 amide bonds. The fourth-order valence-corrected chi connectivity index (χ4v) is 2.29. The van der Waals surface area contributed by atoms with Crippen molar-refractivity contribution in [3.8, 4) is 5.75 Å². The number of hydrogen-bond acceptors (Lipinski definition) is 4. The number of aryl methyl sites for hydroxylation is 1. The third-order valence-electron chi connectivity index (χ3n) is 3.81. The van der Waals surface area contributed by atoms with Gasteiger partial charge in [0.15, 0.2) is 0 Å². The lowest BCUT2D eigenvalue weighted by Crippen LogP contribution is -2.33. The van der Waals surface area contributed by atoms with Gasteiger partial charge in [-0.2, -0.15) is 5.10 Å². The first-order valence-corrected chi connectivity index (χ1v) is 8.46. The number of benzene rings is 1. The number of aromatic nitrogens is 2. The Morgan fingerprint density at radius 3 is 2.56 bits per heavy atom. The van der Waals surface area contributed by atoms with Crippen molar-refractivity contribution in [3.63, 3.8) is 0 Å². The van der Waals surface area contributed by atoms with Crippen molar-refractivity contribution in [2.24, 2.45) is 7.05 Å². The van der Waals surface area contributed by atoms with Crippen LogP contribution in [0.15, 0.2) is 36.4 Å². The number of ether oxygens (including phenoxy) is 1. The highest BCUT2D eigenvalue weighted by Gasteiger charge is 2.19. The number of para-hydroxylation sites is 1. The van der Waals surface area contributed by atoms with Crippen LogP contribution in [0.2, 0.25) is 0 Å².